The van der Waals surface area contributed by atoms with Crippen LogP contribution in [0.2, 0.25) is 4.18 Å². The first kappa shape index (κ1) is 17.4. The monoisotopic (exact) mass is 479 g/mol. The van der Waals surface area contributed by atoms with Gasteiger partial charge in [0.15, 0.2) is 0 Å². The van der Waals surface area contributed by atoms with Gasteiger partial charge in [-0.25, -0.2) is 0 Å². The fourth-order valence-electron chi connectivity index (χ4n) is 3.53. The number of halogens is 1. The average Bonchev–Trinajstić information content (AvgIpc) is 2.58. The molecule has 1 fully saturated rings. The van der Waals surface area contributed by atoms with E-state index in [4.69, 9.17) is 5.73 Å². The minimum atomic E-state index is -2.35. The van der Waals surface area contributed by atoms with Crippen molar-refractivity contribution in [3.63, 3.8) is 0 Å². The molecule has 0 atom stereocenters. The van der Waals surface area contributed by atoms with Crippen LogP contribution >= 0.6 is 15.9 Å². The summed E-state index contributed by atoms with van der Waals surface area (Å²) in [6, 6.07) is 8.43. The molecule has 6 heteroatoms. The van der Waals surface area contributed by atoms with Crippen LogP contribution in [0.3, 0.4) is 0 Å². The Morgan fingerprint density at radius 3 is 2.65 bits per heavy atom. The molecule has 0 aromatic heterocycles. The number of nitrogens with two attached hydrogens (primary N) is 1. The molecule has 0 saturated carbocycles. The third-order valence-corrected chi connectivity index (χ3v) is 14.1. The Hall–Kier alpha value is -0.460. The topological polar surface area (TPSA) is 49.6 Å². The van der Waals surface area contributed by atoms with Gasteiger partial charge in [-0.2, -0.15) is 0 Å². The first-order valence-electron chi connectivity index (χ1n) is 8.35. The molecule has 1 aromatic rings. The van der Waals surface area contributed by atoms with Gasteiger partial charge >= 0.3 is 155 Å². The Balaban J connectivity index is 1.59. The van der Waals surface area contributed by atoms with Crippen LogP contribution in [-0.4, -0.2) is 61.1 Å². The van der Waals surface area contributed by atoms with Gasteiger partial charge in [0.25, 0.3) is 0 Å². The molecule has 2 aliphatic rings. The zero-order valence-corrected chi connectivity index (χ0v) is 18.3. The number of amides is 1. The maximum atomic E-state index is 11.8. The minimum absolute atomic E-state index is 0.0356. The summed E-state index contributed by atoms with van der Waals surface area (Å²) >= 11 is 1.28. The predicted octanol–water partition coefficient (Wildman–Crippen LogP) is 2.94. The fraction of sp³-hybridized carbons (Fsp3) is 0.471. The van der Waals surface area contributed by atoms with E-state index in [9.17, 15) is 4.79 Å². The zero-order chi connectivity index (χ0) is 16.2. The number of benzene rings is 1. The van der Waals surface area contributed by atoms with Crippen LogP contribution in [0.25, 0.3) is 0 Å². The molecule has 122 valence electrons. The van der Waals surface area contributed by atoms with Crippen molar-refractivity contribution in [2.45, 2.75) is 23.6 Å². The molecule has 0 aliphatic carbocycles. The predicted molar refractivity (Wildman–Crippen MR) is 98.5 cm³/mol. The van der Waals surface area contributed by atoms with Crippen LogP contribution in [0.1, 0.15) is 18.4 Å². The molecule has 0 bridgehead atoms. The van der Waals surface area contributed by atoms with Crippen molar-refractivity contribution in [3.8, 4) is 0 Å². The number of rotatable bonds is 4. The summed E-state index contributed by atoms with van der Waals surface area (Å²) in [5, 5.41) is 0. The Morgan fingerprint density at radius 1 is 1.22 bits per heavy atom. The van der Waals surface area contributed by atoms with E-state index in [2.05, 4.69) is 56.1 Å². The van der Waals surface area contributed by atoms with E-state index in [1.165, 1.54) is 13.5 Å². The van der Waals surface area contributed by atoms with Crippen LogP contribution in [0, 0.1) is 0 Å². The van der Waals surface area contributed by atoms with Crippen molar-refractivity contribution in [3.05, 3.63) is 43.8 Å². The first-order chi connectivity index (χ1) is 11.1. The van der Waals surface area contributed by atoms with Crippen LogP contribution in [0.15, 0.2) is 38.3 Å². The second-order valence-electron chi connectivity index (χ2n) is 6.37. The summed E-state index contributed by atoms with van der Waals surface area (Å²) in [5.74, 6) is 0. The summed E-state index contributed by atoms with van der Waals surface area (Å²) < 4.78 is 3.71. The molecule has 2 aliphatic heterocycles. The number of carbonyl (C=O) groups excluding carboxylic acids is 1. The third-order valence-electron chi connectivity index (χ3n) is 4.84. The van der Waals surface area contributed by atoms with Crippen molar-refractivity contribution in [2.24, 2.45) is 5.73 Å². The molecule has 0 radical (unpaired) electrons. The third kappa shape index (κ3) is 4.34. The summed E-state index contributed by atoms with van der Waals surface area (Å²) in [7, 11) is 0. The number of nitrogens with zero attached hydrogens (tertiary/aromatic N) is 2. The van der Waals surface area contributed by atoms with Crippen LogP contribution in [0.4, 0.5) is 4.79 Å². The van der Waals surface area contributed by atoms with Gasteiger partial charge in [0.05, 0.1) is 0 Å². The van der Waals surface area contributed by atoms with Crippen molar-refractivity contribution < 1.29 is 4.79 Å². The van der Waals surface area contributed by atoms with Gasteiger partial charge in [-0.3, -0.25) is 0 Å². The Morgan fingerprint density at radius 2 is 1.96 bits per heavy atom. The number of allylic oxidation sites excluding steroid dienone is 1. The number of hydrogen-bond donors (Lipinski definition) is 1. The summed E-state index contributed by atoms with van der Waals surface area (Å²) in [5.41, 5.74) is 7.02. The molecule has 4 nitrogen and oxygen atoms in total. The summed E-state index contributed by atoms with van der Waals surface area (Å²) in [4.78, 5) is 16.7. The van der Waals surface area contributed by atoms with Crippen LogP contribution in [0.5, 0.6) is 0 Å². The molecular formula is C17H23BrInN3O. The van der Waals surface area contributed by atoms with Crippen LogP contribution < -0.4 is 5.73 Å². The fourth-order valence-corrected chi connectivity index (χ4v) is 11.6. The maximum absolute atomic E-state index is 11.8. The van der Waals surface area contributed by atoms with E-state index in [0.717, 1.165) is 49.7 Å². The number of hydrogen-bond acceptors (Lipinski definition) is 3. The SMILES string of the molecule is N[C](=O)[In]1[CH2]CCC=[C]1N1CCN(Cc2ccccc2Br)CC1. The number of piperazine rings is 1. The zero-order valence-electron chi connectivity index (χ0n) is 13.4. The second kappa shape index (κ2) is 8.08. The molecule has 0 unspecified atom stereocenters. The Labute approximate surface area is 154 Å². The molecule has 1 amide bonds. The van der Waals surface area contributed by atoms with E-state index in [1.54, 1.807) is 0 Å². The number of carbonyl (C=O) groups is 1. The van der Waals surface area contributed by atoms with Gasteiger partial charge in [0.1, 0.15) is 0 Å². The van der Waals surface area contributed by atoms with E-state index in [0.29, 0.717) is 0 Å². The molecular weight excluding hydrogens is 457 g/mol. The van der Waals surface area contributed by atoms with E-state index in [1.807, 2.05) is 0 Å². The van der Waals surface area contributed by atoms with Gasteiger partial charge in [0.2, 0.25) is 0 Å². The van der Waals surface area contributed by atoms with Crippen molar-refractivity contribution in [2.75, 3.05) is 26.2 Å². The van der Waals surface area contributed by atoms with Crippen LogP contribution in [-0.2, 0) is 6.54 Å². The van der Waals surface area contributed by atoms with Crippen molar-refractivity contribution in [1.82, 2.24) is 9.80 Å². The molecule has 2 N–H and O–H groups in total. The number of primary amides is 1. The quantitative estimate of drug-likeness (QED) is 0.722. The van der Waals surface area contributed by atoms with E-state index in [-0.39, 0.29) is 3.66 Å². The Bertz CT molecular complexity index is 599. The molecule has 23 heavy (non-hydrogen) atoms. The van der Waals surface area contributed by atoms with Gasteiger partial charge in [0, 0.05) is 0 Å². The van der Waals surface area contributed by atoms with Gasteiger partial charge in [-0.15, -0.1) is 0 Å². The van der Waals surface area contributed by atoms with Gasteiger partial charge < -0.3 is 0 Å². The Kier molecular flexibility index (Phi) is 6.10. The standard InChI is InChI=1S/C16H21BrN2.CH2NO.In/c1-2-3-6-9-18-10-12-19(13-11-18)14-15-7-4-5-8-16(15)17;2-1-3;/h4-8H,1-3,10-14H2;(H2,2,3);. The normalized spacial score (nSPS) is 19.6. The van der Waals surface area contributed by atoms with Crippen molar-refractivity contribution in [1.29, 1.82) is 0 Å². The molecule has 1 aromatic carbocycles. The second-order valence-corrected chi connectivity index (χ2v) is 15.3. The summed E-state index contributed by atoms with van der Waals surface area (Å²) in [6.45, 7) is 5.14. The van der Waals surface area contributed by atoms with Gasteiger partial charge in [-0.1, -0.05) is 0 Å². The molecule has 2 heterocycles. The van der Waals surface area contributed by atoms with E-state index < -0.39 is 21.4 Å². The van der Waals surface area contributed by atoms with Crippen molar-refractivity contribution >= 4 is 41.0 Å². The van der Waals surface area contributed by atoms with E-state index >= 15 is 0 Å². The average molecular weight is 480 g/mol. The first-order valence-corrected chi connectivity index (χ1v) is 14.8. The van der Waals surface area contributed by atoms with Gasteiger partial charge in [-0.05, 0) is 0 Å². The molecule has 0 spiro atoms. The molecule has 3 rings (SSSR count). The summed E-state index contributed by atoms with van der Waals surface area (Å²) in [6.07, 6.45) is 4.60. The molecule has 1 saturated heterocycles.